The Morgan fingerprint density at radius 2 is 1.73 bits per heavy atom. The minimum absolute atomic E-state index is 1.28. The van der Waals surface area contributed by atoms with Gasteiger partial charge in [0.1, 0.15) is 0 Å². The Morgan fingerprint density at radius 1 is 1.09 bits per heavy atom. The molecule has 0 atom stereocenters. The predicted octanol–water partition coefficient (Wildman–Crippen LogP) is 2.29. The van der Waals surface area contributed by atoms with Gasteiger partial charge in [-0.05, 0) is 20.0 Å². The maximum Gasteiger partial charge on any atom is 0.203 e. The van der Waals surface area contributed by atoms with Gasteiger partial charge in [-0.25, -0.2) is 0 Å². The zero-order chi connectivity index (χ0) is 8.53. The molecule has 0 N–H and O–H groups in total. The standard InChI is InChI=1S/C9H22BN/c1-4-6-8-10-11(3)9-7-5-2/h10H,4-9H2,1-3H3. The molecule has 0 aliphatic heterocycles. The third kappa shape index (κ3) is 7.93. The molecule has 0 rings (SSSR count). The molecule has 0 unspecified atom stereocenters. The highest BCUT2D eigenvalue weighted by atomic mass is 15.0. The van der Waals surface area contributed by atoms with Gasteiger partial charge in [-0.1, -0.05) is 39.4 Å². The van der Waals surface area contributed by atoms with Crippen LogP contribution in [0.25, 0.3) is 0 Å². The van der Waals surface area contributed by atoms with E-state index >= 15 is 0 Å². The summed E-state index contributed by atoms with van der Waals surface area (Å²) < 4.78 is 0. The van der Waals surface area contributed by atoms with Crippen LogP contribution in [0.2, 0.25) is 6.32 Å². The van der Waals surface area contributed by atoms with Crippen LogP contribution in [0.1, 0.15) is 39.5 Å². The number of nitrogens with zero attached hydrogens (tertiary/aromatic N) is 1. The van der Waals surface area contributed by atoms with Gasteiger partial charge < -0.3 is 4.81 Å². The quantitative estimate of drug-likeness (QED) is 0.402. The van der Waals surface area contributed by atoms with Gasteiger partial charge in [0.15, 0.2) is 0 Å². The maximum absolute atomic E-state index is 2.44. The van der Waals surface area contributed by atoms with Crippen molar-refractivity contribution in [1.29, 1.82) is 0 Å². The van der Waals surface area contributed by atoms with Gasteiger partial charge in [0.2, 0.25) is 7.41 Å². The minimum Gasteiger partial charge on any atom is -0.348 e. The smallest absolute Gasteiger partial charge is 0.203 e. The average Bonchev–Trinajstić information content (AvgIpc) is 2.01. The molecular weight excluding hydrogens is 133 g/mol. The van der Waals surface area contributed by atoms with Gasteiger partial charge in [-0.3, -0.25) is 0 Å². The number of unbranched alkanes of at least 4 members (excludes halogenated alkanes) is 2. The van der Waals surface area contributed by atoms with Crippen molar-refractivity contribution >= 4 is 7.41 Å². The summed E-state index contributed by atoms with van der Waals surface area (Å²) in [4.78, 5) is 2.44. The molecule has 0 aliphatic rings. The molecule has 0 radical (unpaired) electrons. The van der Waals surface area contributed by atoms with E-state index in [1.165, 1.54) is 46.0 Å². The second-order valence-corrected chi connectivity index (χ2v) is 3.36. The summed E-state index contributed by atoms with van der Waals surface area (Å²) in [6.07, 6.45) is 6.76. The number of rotatable bonds is 7. The van der Waals surface area contributed by atoms with Gasteiger partial charge in [-0.15, -0.1) is 0 Å². The van der Waals surface area contributed by atoms with E-state index in [1.54, 1.807) is 0 Å². The molecule has 0 aromatic heterocycles. The van der Waals surface area contributed by atoms with Crippen molar-refractivity contribution in [3.8, 4) is 0 Å². The van der Waals surface area contributed by atoms with Gasteiger partial charge in [-0.2, -0.15) is 0 Å². The Labute approximate surface area is 72.4 Å². The summed E-state index contributed by atoms with van der Waals surface area (Å²) in [6, 6.07) is 0. The molecule has 0 amide bonds. The van der Waals surface area contributed by atoms with Gasteiger partial charge in [0, 0.05) is 0 Å². The lowest BCUT2D eigenvalue weighted by Gasteiger charge is -2.13. The van der Waals surface area contributed by atoms with E-state index in [1.807, 2.05) is 0 Å². The highest BCUT2D eigenvalue weighted by Gasteiger charge is 1.97. The van der Waals surface area contributed by atoms with Crippen LogP contribution in [0.3, 0.4) is 0 Å². The van der Waals surface area contributed by atoms with Crippen molar-refractivity contribution in [1.82, 2.24) is 4.81 Å². The van der Waals surface area contributed by atoms with Crippen molar-refractivity contribution in [2.45, 2.75) is 45.9 Å². The van der Waals surface area contributed by atoms with Crippen LogP contribution in [0.15, 0.2) is 0 Å². The lowest BCUT2D eigenvalue weighted by atomic mass is 9.84. The molecule has 0 saturated heterocycles. The molecule has 0 aromatic carbocycles. The topological polar surface area (TPSA) is 3.24 Å². The predicted molar refractivity (Wildman–Crippen MR) is 54.4 cm³/mol. The largest absolute Gasteiger partial charge is 0.348 e. The molecule has 0 aromatic rings. The fourth-order valence-electron chi connectivity index (χ4n) is 1.17. The van der Waals surface area contributed by atoms with E-state index in [2.05, 4.69) is 25.7 Å². The second-order valence-electron chi connectivity index (χ2n) is 3.36. The fourth-order valence-corrected chi connectivity index (χ4v) is 1.17. The van der Waals surface area contributed by atoms with Crippen molar-refractivity contribution in [2.75, 3.05) is 13.6 Å². The normalized spacial score (nSPS) is 10.5. The lowest BCUT2D eigenvalue weighted by Crippen LogP contribution is -2.23. The summed E-state index contributed by atoms with van der Waals surface area (Å²) in [5.74, 6) is 0. The molecule has 0 fully saturated rings. The molecule has 2 heteroatoms. The summed E-state index contributed by atoms with van der Waals surface area (Å²) in [7, 11) is 3.51. The van der Waals surface area contributed by atoms with E-state index in [0.717, 1.165) is 0 Å². The maximum atomic E-state index is 2.44. The molecule has 0 bridgehead atoms. The molecule has 1 nitrogen and oxygen atoms in total. The first-order chi connectivity index (χ1) is 5.31. The first-order valence-corrected chi connectivity index (χ1v) is 4.99. The Bertz CT molecular complexity index is 76.0. The first-order valence-electron chi connectivity index (χ1n) is 4.99. The van der Waals surface area contributed by atoms with Crippen LogP contribution in [-0.4, -0.2) is 25.8 Å². The van der Waals surface area contributed by atoms with Crippen LogP contribution < -0.4 is 0 Å². The highest BCUT2D eigenvalue weighted by Crippen LogP contribution is 1.97. The third-order valence-corrected chi connectivity index (χ3v) is 2.04. The summed E-state index contributed by atoms with van der Waals surface area (Å²) in [5.41, 5.74) is 0. The van der Waals surface area contributed by atoms with E-state index in [4.69, 9.17) is 0 Å². The van der Waals surface area contributed by atoms with Crippen LogP contribution >= 0.6 is 0 Å². The highest BCUT2D eigenvalue weighted by molar-refractivity contribution is 6.31. The Hall–Kier alpha value is 0.0249. The van der Waals surface area contributed by atoms with Crippen LogP contribution in [0.4, 0.5) is 0 Å². The van der Waals surface area contributed by atoms with Crippen LogP contribution in [0.5, 0.6) is 0 Å². The van der Waals surface area contributed by atoms with Gasteiger partial charge in [0.25, 0.3) is 0 Å². The number of hydrogen-bond donors (Lipinski definition) is 0. The van der Waals surface area contributed by atoms with Gasteiger partial charge in [0.05, 0.1) is 0 Å². The summed E-state index contributed by atoms with van der Waals surface area (Å²) >= 11 is 0. The zero-order valence-corrected chi connectivity index (χ0v) is 8.40. The monoisotopic (exact) mass is 155 g/mol. The van der Waals surface area contributed by atoms with E-state index < -0.39 is 0 Å². The Balaban J connectivity index is 3.02. The zero-order valence-electron chi connectivity index (χ0n) is 8.40. The average molecular weight is 155 g/mol. The first kappa shape index (κ1) is 11.0. The summed E-state index contributed by atoms with van der Waals surface area (Å²) in [5, 5.41) is 0. The van der Waals surface area contributed by atoms with Crippen molar-refractivity contribution in [3.63, 3.8) is 0 Å². The van der Waals surface area contributed by atoms with E-state index in [9.17, 15) is 0 Å². The van der Waals surface area contributed by atoms with Crippen molar-refractivity contribution < 1.29 is 0 Å². The molecule has 11 heavy (non-hydrogen) atoms. The van der Waals surface area contributed by atoms with E-state index in [-0.39, 0.29) is 0 Å². The Kier molecular flexibility index (Phi) is 8.14. The molecule has 0 saturated carbocycles. The SMILES string of the molecule is CCCCBN(C)CCCC. The molecule has 0 heterocycles. The van der Waals surface area contributed by atoms with Gasteiger partial charge >= 0.3 is 0 Å². The lowest BCUT2D eigenvalue weighted by molar-refractivity contribution is 0.506. The molecule has 66 valence electrons. The van der Waals surface area contributed by atoms with Crippen molar-refractivity contribution in [3.05, 3.63) is 0 Å². The van der Waals surface area contributed by atoms with Crippen molar-refractivity contribution in [2.24, 2.45) is 0 Å². The summed E-state index contributed by atoms with van der Waals surface area (Å²) in [6.45, 7) is 5.78. The molecule has 0 aliphatic carbocycles. The van der Waals surface area contributed by atoms with Crippen LogP contribution in [-0.2, 0) is 0 Å². The van der Waals surface area contributed by atoms with E-state index in [0.29, 0.717) is 0 Å². The fraction of sp³-hybridized carbons (Fsp3) is 1.00. The van der Waals surface area contributed by atoms with Crippen LogP contribution in [0, 0.1) is 0 Å². The second kappa shape index (κ2) is 8.12. The molecule has 0 spiro atoms. The Morgan fingerprint density at radius 3 is 2.27 bits per heavy atom. The third-order valence-electron chi connectivity index (χ3n) is 2.04. The minimum atomic E-state index is 1.28. The number of hydrogen-bond acceptors (Lipinski definition) is 1. The molecular formula is C9H22BN.